The molecule has 0 spiro atoms. The summed E-state index contributed by atoms with van der Waals surface area (Å²) < 4.78 is 5.16. The molecule has 0 N–H and O–H groups in total. The summed E-state index contributed by atoms with van der Waals surface area (Å²) in [5.41, 5.74) is 1.79. The molecule has 80 valence electrons. The minimum absolute atomic E-state index is 0.213. The standard InChI is InChI=1S/C13H11NO2/c1-2-10-15-13-9-8-12(14-16-13)11-6-4-3-5-7-11/h1,3-9,13H,10H2. The summed E-state index contributed by atoms with van der Waals surface area (Å²) >= 11 is 0. The Morgan fingerprint density at radius 1 is 1.38 bits per heavy atom. The second kappa shape index (κ2) is 5.15. The van der Waals surface area contributed by atoms with Gasteiger partial charge in [-0.3, -0.25) is 0 Å². The van der Waals surface area contributed by atoms with Crippen LogP contribution in [0.25, 0.3) is 0 Å². The molecular formula is C13H11NO2. The Bertz CT molecular complexity index is 443. The van der Waals surface area contributed by atoms with Gasteiger partial charge in [0.05, 0.1) is 0 Å². The van der Waals surface area contributed by atoms with E-state index >= 15 is 0 Å². The van der Waals surface area contributed by atoms with E-state index in [9.17, 15) is 0 Å². The van der Waals surface area contributed by atoms with Crippen molar-refractivity contribution in [3.05, 3.63) is 48.0 Å². The number of ether oxygens (including phenoxy) is 1. The Labute approximate surface area is 94.4 Å². The Morgan fingerprint density at radius 3 is 2.81 bits per heavy atom. The van der Waals surface area contributed by atoms with Crippen LogP contribution in [0.5, 0.6) is 0 Å². The molecule has 0 aromatic heterocycles. The van der Waals surface area contributed by atoms with Crippen LogP contribution in [0.3, 0.4) is 0 Å². The van der Waals surface area contributed by atoms with Crippen LogP contribution in [0.4, 0.5) is 0 Å². The van der Waals surface area contributed by atoms with Crippen LogP contribution in [0.15, 0.2) is 47.6 Å². The second-order valence-electron chi connectivity index (χ2n) is 3.19. The van der Waals surface area contributed by atoms with Crippen LogP contribution in [0.1, 0.15) is 5.56 Å². The molecule has 2 rings (SSSR count). The van der Waals surface area contributed by atoms with Crippen molar-refractivity contribution in [2.24, 2.45) is 5.16 Å². The summed E-state index contributed by atoms with van der Waals surface area (Å²) in [6.07, 6.45) is 8.24. The van der Waals surface area contributed by atoms with Crippen LogP contribution in [-0.2, 0) is 9.57 Å². The number of rotatable bonds is 3. The molecule has 0 saturated heterocycles. The predicted molar refractivity (Wildman–Crippen MR) is 61.8 cm³/mol. The Morgan fingerprint density at radius 2 is 2.19 bits per heavy atom. The molecule has 0 aliphatic carbocycles. The van der Waals surface area contributed by atoms with Gasteiger partial charge in [0, 0.05) is 5.56 Å². The number of benzene rings is 1. The third-order valence-corrected chi connectivity index (χ3v) is 2.07. The maximum atomic E-state index is 5.16. The first kappa shape index (κ1) is 10.5. The fraction of sp³-hybridized carbons (Fsp3) is 0.154. The molecule has 0 saturated carbocycles. The van der Waals surface area contributed by atoms with Gasteiger partial charge in [-0.15, -0.1) is 6.42 Å². The van der Waals surface area contributed by atoms with Crippen molar-refractivity contribution in [2.75, 3.05) is 6.61 Å². The summed E-state index contributed by atoms with van der Waals surface area (Å²) in [5.74, 6) is 2.37. The molecule has 1 atom stereocenters. The van der Waals surface area contributed by atoms with Gasteiger partial charge in [-0.1, -0.05) is 41.4 Å². The average molecular weight is 213 g/mol. The number of hydrogen-bond donors (Lipinski definition) is 0. The van der Waals surface area contributed by atoms with E-state index in [-0.39, 0.29) is 6.61 Å². The van der Waals surface area contributed by atoms with Crippen LogP contribution in [-0.4, -0.2) is 18.6 Å². The number of allylic oxidation sites excluding steroid dienone is 1. The Hall–Kier alpha value is -2.05. The monoisotopic (exact) mass is 213 g/mol. The molecule has 3 nitrogen and oxygen atoms in total. The highest BCUT2D eigenvalue weighted by Gasteiger charge is 2.11. The zero-order valence-corrected chi connectivity index (χ0v) is 8.67. The summed E-state index contributed by atoms with van der Waals surface area (Å²) in [7, 11) is 0. The number of terminal acetylenes is 1. The topological polar surface area (TPSA) is 30.8 Å². The third kappa shape index (κ3) is 2.50. The molecule has 0 fully saturated rings. The fourth-order valence-electron chi connectivity index (χ4n) is 1.32. The van der Waals surface area contributed by atoms with E-state index in [1.54, 1.807) is 6.08 Å². The van der Waals surface area contributed by atoms with Crippen molar-refractivity contribution in [2.45, 2.75) is 6.29 Å². The van der Waals surface area contributed by atoms with E-state index < -0.39 is 6.29 Å². The van der Waals surface area contributed by atoms with Crippen LogP contribution >= 0.6 is 0 Å². The van der Waals surface area contributed by atoms with Crippen LogP contribution < -0.4 is 0 Å². The van der Waals surface area contributed by atoms with Crippen molar-refractivity contribution in [1.82, 2.24) is 0 Å². The van der Waals surface area contributed by atoms with E-state index in [2.05, 4.69) is 11.1 Å². The van der Waals surface area contributed by atoms with Crippen molar-refractivity contribution in [1.29, 1.82) is 0 Å². The van der Waals surface area contributed by atoms with Gasteiger partial charge in [0.2, 0.25) is 6.29 Å². The van der Waals surface area contributed by atoms with E-state index in [1.807, 2.05) is 36.4 Å². The highest BCUT2D eigenvalue weighted by Crippen LogP contribution is 2.10. The molecule has 1 heterocycles. The quantitative estimate of drug-likeness (QED) is 0.718. The van der Waals surface area contributed by atoms with E-state index in [0.29, 0.717) is 0 Å². The second-order valence-corrected chi connectivity index (χ2v) is 3.19. The van der Waals surface area contributed by atoms with Gasteiger partial charge in [-0.05, 0) is 12.2 Å². The highest BCUT2D eigenvalue weighted by atomic mass is 16.8. The molecule has 1 unspecified atom stereocenters. The molecule has 1 aliphatic rings. The lowest BCUT2D eigenvalue weighted by Crippen LogP contribution is -2.17. The highest BCUT2D eigenvalue weighted by molar-refractivity contribution is 6.08. The SMILES string of the molecule is C#CCOC1C=CC(c2ccccc2)=NO1. The summed E-state index contributed by atoms with van der Waals surface area (Å²) in [4.78, 5) is 5.13. The normalized spacial score (nSPS) is 18.4. The van der Waals surface area contributed by atoms with Gasteiger partial charge in [-0.25, -0.2) is 0 Å². The van der Waals surface area contributed by atoms with Crippen molar-refractivity contribution in [3.63, 3.8) is 0 Å². The number of oxime groups is 1. The average Bonchev–Trinajstić information content (AvgIpc) is 2.38. The van der Waals surface area contributed by atoms with Gasteiger partial charge in [-0.2, -0.15) is 0 Å². The minimum atomic E-state index is -0.483. The van der Waals surface area contributed by atoms with E-state index in [0.717, 1.165) is 11.3 Å². The molecule has 16 heavy (non-hydrogen) atoms. The molecule has 1 aromatic rings. The molecule has 1 aliphatic heterocycles. The first-order valence-electron chi connectivity index (χ1n) is 4.92. The van der Waals surface area contributed by atoms with Gasteiger partial charge >= 0.3 is 0 Å². The molecule has 0 radical (unpaired) electrons. The zero-order valence-electron chi connectivity index (χ0n) is 8.67. The molecule has 0 amide bonds. The van der Waals surface area contributed by atoms with Crippen LogP contribution in [0.2, 0.25) is 0 Å². The molecule has 3 heteroatoms. The zero-order chi connectivity index (χ0) is 11.2. The predicted octanol–water partition coefficient (Wildman–Crippen LogP) is 1.95. The Balaban J connectivity index is 2.00. The smallest absolute Gasteiger partial charge is 0.247 e. The third-order valence-electron chi connectivity index (χ3n) is 2.07. The summed E-state index contributed by atoms with van der Waals surface area (Å²) in [6.45, 7) is 0.213. The van der Waals surface area contributed by atoms with Gasteiger partial charge in [0.15, 0.2) is 0 Å². The summed E-state index contributed by atoms with van der Waals surface area (Å²) in [5, 5.41) is 3.97. The molecular weight excluding hydrogens is 202 g/mol. The van der Waals surface area contributed by atoms with Crippen molar-refractivity contribution in [3.8, 4) is 12.3 Å². The van der Waals surface area contributed by atoms with E-state index in [1.165, 1.54) is 0 Å². The minimum Gasteiger partial charge on any atom is -0.358 e. The van der Waals surface area contributed by atoms with Gasteiger partial charge < -0.3 is 9.57 Å². The Kier molecular flexibility index (Phi) is 3.37. The lowest BCUT2D eigenvalue weighted by atomic mass is 10.1. The van der Waals surface area contributed by atoms with Crippen molar-refractivity contribution < 1.29 is 9.57 Å². The number of hydrogen-bond acceptors (Lipinski definition) is 3. The van der Waals surface area contributed by atoms with E-state index in [4.69, 9.17) is 16.0 Å². The molecule has 0 bridgehead atoms. The van der Waals surface area contributed by atoms with Crippen molar-refractivity contribution >= 4 is 5.71 Å². The fourth-order valence-corrected chi connectivity index (χ4v) is 1.32. The largest absolute Gasteiger partial charge is 0.358 e. The lowest BCUT2D eigenvalue weighted by molar-refractivity contribution is -0.102. The maximum absolute atomic E-state index is 5.16. The number of nitrogens with zero attached hydrogens (tertiary/aromatic N) is 1. The molecule has 1 aromatic carbocycles. The summed E-state index contributed by atoms with van der Waals surface area (Å²) in [6, 6.07) is 9.79. The van der Waals surface area contributed by atoms with Crippen LogP contribution in [0, 0.1) is 12.3 Å². The maximum Gasteiger partial charge on any atom is 0.247 e. The van der Waals surface area contributed by atoms with Gasteiger partial charge in [0.25, 0.3) is 0 Å². The first-order valence-corrected chi connectivity index (χ1v) is 4.92. The lowest BCUT2D eigenvalue weighted by Gasteiger charge is -2.15. The first-order chi connectivity index (χ1) is 7.90. The van der Waals surface area contributed by atoms with Gasteiger partial charge in [0.1, 0.15) is 12.3 Å².